The second kappa shape index (κ2) is 4.89. The minimum Gasteiger partial charge on any atom is -0.478 e. The largest absolute Gasteiger partial charge is 0.478 e. The molecule has 1 aromatic heterocycles. The molecular formula is C11H6F3N3O4. The number of hydrogen-bond donors (Lipinski definition) is 1. The van der Waals surface area contributed by atoms with Crippen LogP contribution in [0, 0.1) is 10.1 Å². The van der Waals surface area contributed by atoms with E-state index in [4.69, 9.17) is 5.11 Å². The average molecular weight is 301 g/mol. The lowest BCUT2D eigenvalue weighted by molar-refractivity contribution is -0.384. The van der Waals surface area contributed by atoms with E-state index in [1.807, 2.05) is 0 Å². The van der Waals surface area contributed by atoms with Gasteiger partial charge in [0, 0.05) is 12.3 Å². The van der Waals surface area contributed by atoms with Gasteiger partial charge in [-0.05, 0) is 12.1 Å². The van der Waals surface area contributed by atoms with Gasteiger partial charge in [0.1, 0.15) is 5.69 Å². The van der Waals surface area contributed by atoms with Crippen molar-refractivity contribution in [1.82, 2.24) is 9.78 Å². The fourth-order valence-corrected chi connectivity index (χ4v) is 1.60. The second-order valence-electron chi connectivity index (χ2n) is 3.94. The Balaban J connectivity index is 2.57. The molecule has 1 N–H and O–H groups in total. The molecule has 2 aromatic rings. The summed E-state index contributed by atoms with van der Waals surface area (Å²) in [5.41, 5.74) is -2.52. The number of alkyl halides is 3. The number of halogens is 3. The zero-order chi connectivity index (χ0) is 15.8. The van der Waals surface area contributed by atoms with Crippen LogP contribution < -0.4 is 0 Å². The van der Waals surface area contributed by atoms with E-state index < -0.39 is 28.3 Å². The molecule has 7 nitrogen and oxygen atoms in total. The lowest BCUT2D eigenvalue weighted by Crippen LogP contribution is -2.08. The Bertz CT molecular complexity index is 724. The number of aromatic nitrogens is 2. The van der Waals surface area contributed by atoms with Gasteiger partial charge in [-0.3, -0.25) is 10.1 Å². The normalized spacial score (nSPS) is 11.4. The molecule has 21 heavy (non-hydrogen) atoms. The highest BCUT2D eigenvalue weighted by Crippen LogP contribution is 2.34. The molecule has 110 valence electrons. The van der Waals surface area contributed by atoms with Crippen molar-refractivity contribution in [1.29, 1.82) is 0 Å². The molecule has 0 bridgehead atoms. The van der Waals surface area contributed by atoms with E-state index in [-0.39, 0.29) is 11.3 Å². The molecule has 0 aliphatic rings. The fraction of sp³-hybridized carbons (Fsp3) is 0.0909. The summed E-state index contributed by atoms with van der Waals surface area (Å²) in [4.78, 5) is 20.6. The van der Waals surface area contributed by atoms with Crippen LogP contribution in [0.3, 0.4) is 0 Å². The Hall–Kier alpha value is -2.91. The van der Waals surface area contributed by atoms with Gasteiger partial charge >= 0.3 is 12.1 Å². The summed E-state index contributed by atoms with van der Waals surface area (Å²) in [5, 5.41) is 23.2. The molecule has 0 saturated carbocycles. The van der Waals surface area contributed by atoms with Gasteiger partial charge in [-0.25, -0.2) is 9.48 Å². The number of carboxylic acid groups (broad SMARTS) is 1. The summed E-state index contributed by atoms with van der Waals surface area (Å²) in [6.45, 7) is 0. The first kappa shape index (κ1) is 14.5. The minimum atomic E-state index is -4.72. The fourth-order valence-electron chi connectivity index (χ4n) is 1.60. The number of hydrogen-bond acceptors (Lipinski definition) is 4. The number of nitrogens with zero attached hydrogens (tertiary/aromatic N) is 3. The van der Waals surface area contributed by atoms with Gasteiger partial charge in [0.15, 0.2) is 0 Å². The topological polar surface area (TPSA) is 98.3 Å². The maximum absolute atomic E-state index is 12.6. The number of nitro benzene ring substituents is 1. The molecule has 0 saturated heterocycles. The molecule has 1 heterocycles. The lowest BCUT2D eigenvalue weighted by atomic mass is 10.1. The minimum absolute atomic E-state index is 0.246. The molecule has 0 amide bonds. The number of carbonyl (C=O) groups is 1. The highest BCUT2D eigenvalue weighted by Gasteiger charge is 2.33. The second-order valence-corrected chi connectivity index (χ2v) is 3.94. The van der Waals surface area contributed by atoms with Crippen LogP contribution in [-0.2, 0) is 6.18 Å². The molecule has 10 heteroatoms. The summed E-state index contributed by atoms with van der Waals surface area (Å²) in [7, 11) is 0. The Morgan fingerprint density at radius 2 is 2.05 bits per heavy atom. The van der Waals surface area contributed by atoms with Crippen molar-refractivity contribution in [3.05, 3.63) is 51.8 Å². The van der Waals surface area contributed by atoms with E-state index in [1.165, 1.54) is 0 Å². The summed E-state index contributed by atoms with van der Waals surface area (Å²) >= 11 is 0. The Morgan fingerprint density at radius 3 is 2.52 bits per heavy atom. The van der Waals surface area contributed by atoms with Gasteiger partial charge in [-0.15, -0.1) is 0 Å². The molecule has 1 aromatic carbocycles. The van der Waals surface area contributed by atoms with Crippen molar-refractivity contribution in [2.45, 2.75) is 6.18 Å². The quantitative estimate of drug-likeness (QED) is 0.693. The number of nitro groups is 1. The van der Waals surface area contributed by atoms with E-state index in [0.29, 0.717) is 12.1 Å². The third-order valence-electron chi connectivity index (χ3n) is 2.58. The van der Waals surface area contributed by atoms with Gasteiger partial charge in [0.2, 0.25) is 0 Å². The Kier molecular flexibility index (Phi) is 3.37. The SMILES string of the molecule is O=C(O)c1cnn(-c2ccc(C(F)(F)F)cc2[N+](=O)[O-])c1. The van der Waals surface area contributed by atoms with Gasteiger partial charge in [0.25, 0.3) is 5.69 Å². The van der Waals surface area contributed by atoms with Crippen LogP contribution in [0.25, 0.3) is 5.69 Å². The number of carboxylic acids is 1. The van der Waals surface area contributed by atoms with Crippen LogP contribution >= 0.6 is 0 Å². The monoisotopic (exact) mass is 301 g/mol. The number of aromatic carboxylic acids is 1. The highest BCUT2D eigenvalue weighted by atomic mass is 19.4. The summed E-state index contributed by atoms with van der Waals surface area (Å²) in [6, 6.07) is 1.89. The summed E-state index contributed by atoms with van der Waals surface area (Å²) < 4.78 is 38.5. The lowest BCUT2D eigenvalue weighted by Gasteiger charge is -2.08. The van der Waals surface area contributed by atoms with E-state index in [9.17, 15) is 28.1 Å². The molecule has 0 aliphatic carbocycles. The Labute approximate surface area is 114 Å². The zero-order valence-corrected chi connectivity index (χ0v) is 10.0. The van der Waals surface area contributed by atoms with Crippen molar-refractivity contribution in [3.63, 3.8) is 0 Å². The van der Waals surface area contributed by atoms with Crippen molar-refractivity contribution < 1.29 is 28.0 Å². The Morgan fingerprint density at radius 1 is 1.38 bits per heavy atom. The van der Waals surface area contributed by atoms with E-state index in [2.05, 4.69) is 5.10 Å². The number of rotatable bonds is 3. The van der Waals surface area contributed by atoms with Crippen molar-refractivity contribution in [2.75, 3.05) is 0 Å². The molecule has 0 spiro atoms. The van der Waals surface area contributed by atoms with Gasteiger partial charge in [-0.1, -0.05) is 0 Å². The first-order chi connectivity index (χ1) is 9.70. The molecular weight excluding hydrogens is 295 g/mol. The van der Waals surface area contributed by atoms with Crippen molar-refractivity contribution in [3.8, 4) is 5.69 Å². The predicted molar refractivity (Wildman–Crippen MR) is 62.2 cm³/mol. The molecule has 2 rings (SSSR count). The molecule has 0 aliphatic heterocycles. The zero-order valence-electron chi connectivity index (χ0n) is 10.0. The van der Waals surface area contributed by atoms with E-state index in [0.717, 1.165) is 23.1 Å². The standard InChI is InChI=1S/C11H6F3N3O4/c12-11(13,14)7-1-2-8(9(3-7)17(20)21)16-5-6(4-15-16)10(18)19/h1-5H,(H,18,19). The van der Waals surface area contributed by atoms with Gasteiger partial charge in [0.05, 0.1) is 22.2 Å². The predicted octanol–water partition coefficient (Wildman–Crippen LogP) is 2.50. The van der Waals surface area contributed by atoms with Crippen LogP contribution in [0.1, 0.15) is 15.9 Å². The smallest absolute Gasteiger partial charge is 0.416 e. The van der Waals surface area contributed by atoms with Crippen LogP contribution in [-0.4, -0.2) is 25.8 Å². The number of benzene rings is 1. The van der Waals surface area contributed by atoms with Crippen LogP contribution in [0.5, 0.6) is 0 Å². The van der Waals surface area contributed by atoms with E-state index >= 15 is 0 Å². The van der Waals surface area contributed by atoms with Crippen molar-refractivity contribution in [2.24, 2.45) is 0 Å². The first-order valence-corrected chi connectivity index (χ1v) is 5.34. The maximum atomic E-state index is 12.6. The van der Waals surface area contributed by atoms with Gasteiger partial charge < -0.3 is 5.11 Å². The van der Waals surface area contributed by atoms with Crippen molar-refractivity contribution >= 4 is 11.7 Å². The average Bonchev–Trinajstić information content (AvgIpc) is 2.86. The third-order valence-corrected chi connectivity index (χ3v) is 2.58. The molecule has 0 unspecified atom stereocenters. The van der Waals surface area contributed by atoms with Crippen LogP contribution in [0.4, 0.5) is 18.9 Å². The van der Waals surface area contributed by atoms with Crippen LogP contribution in [0.2, 0.25) is 0 Å². The first-order valence-electron chi connectivity index (χ1n) is 5.34. The summed E-state index contributed by atoms with van der Waals surface area (Å²) in [6.07, 6.45) is -2.82. The maximum Gasteiger partial charge on any atom is 0.416 e. The molecule has 0 fully saturated rings. The van der Waals surface area contributed by atoms with Gasteiger partial charge in [-0.2, -0.15) is 18.3 Å². The molecule has 0 radical (unpaired) electrons. The summed E-state index contributed by atoms with van der Waals surface area (Å²) in [5.74, 6) is -1.31. The van der Waals surface area contributed by atoms with E-state index in [1.54, 1.807) is 0 Å². The van der Waals surface area contributed by atoms with Crippen LogP contribution in [0.15, 0.2) is 30.6 Å². The molecule has 0 atom stereocenters. The highest BCUT2D eigenvalue weighted by molar-refractivity contribution is 5.87. The third kappa shape index (κ3) is 2.83.